The molecule has 178 valence electrons. The Balaban J connectivity index is 1.89. The average Bonchev–Trinajstić information content (AvgIpc) is 2.81. The molecule has 2 aromatic rings. The second kappa shape index (κ2) is 10.7. The molecule has 12 heteroatoms. The number of piperidine rings is 1. The Morgan fingerprint density at radius 2 is 1.85 bits per heavy atom. The summed E-state index contributed by atoms with van der Waals surface area (Å²) in [5.74, 6) is 0.935. The zero-order chi connectivity index (χ0) is 24.9. The molecular formula is C22H24N6O4S2. The number of hydrogen-bond acceptors (Lipinski definition) is 8. The number of amides is 1. The van der Waals surface area contributed by atoms with E-state index in [0.717, 1.165) is 5.56 Å². The fourth-order valence-electron chi connectivity index (χ4n) is 3.85. The molecule has 0 bridgehead atoms. The molecule has 0 aliphatic carbocycles. The minimum absolute atomic E-state index is 0.0202. The fourth-order valence-corrected chi connectivity index (χ4v) is 5.33. The van der Waals surface area contributed by atoms with Crippen LogP contribution in [0.25, 0.3) is 0 Å². The molecular weight excluding hydrogens is 476 g/mol. The number of primary sulfonamides is 1. The number of rotatable bonds is 7. The summed E-state index contributed by atoms with van der Waals surface area (Å²) in [5.41, 5.74) is 2.18. The first-order valence-electron chi connectivity index (χ1n) is 10.5. The van der Waals surface area contributed by atoms with Crippen LogP contribution in [-0.2, 0) is 22.2 Å². The topological polar surface area (TPSA) is 173 Å². The number of carbonyl (C=O) groups is 1. The molecule has 0 saturated carbocycles. The summed E-state index contributed by atoms with van der Waals surface area (Å²) in [5, 5.41) is 36.8. The van der Waals surface area contributed by atoms with Gasteiger partial charge >= 0.3 is 6.09 Å². The maximum atomic E-state index is 11.5. The van der Waals surface area contributed by atoms with Gasteiger partial charge in [0, 0.05) is 24.9 Å². The van der Waals surface area contributed by atoms with E-state index in [-0.39, 0.29) is 10.9 Å². The molecule has 1 fully saturated rings. The maximum absolute atomic E-state index is 11.5. The van der Waals surface area contributed by atoms with E-state index in [1.165, 1.54) is 23.9 Å². The SMILES string of the molecule is CCc1c(C#N)c(SCc2ccc(S(N)(=O)=O)cc2)nc(N2CCC(NC(=O)O)CC2)c1C#N. The van der Waals surface area contributed by atoms with E-state index in [9.17, 15) is 23.7 Å². The number of hydrogen-bond donors (Lipinski definition) is 3. The van der Waals surface area contributed by atoms with Crippen molar-refractivity contribution in [2.75, 3.05) is 18.0 Å². The summed E-state index contributed by atoms with van der Waals surface area (Å²) >= 11 is 1.33. The molecule has 0 atom stereocenters. The lowest BCUT2D eigenvalue weighted by Crippen LogP contribution is -2.44. The largest absolute Gasteiger partial charge is 0.465 e. The van der Waals surface area contributed by atoms with Gasteiger partial charge in [-0.15, -0.1) is 11.8 Å². The van der Waals surface area contributed by atoms with Gasteiger partial charge in [0.15, 0.2) is 0 Å². The van der Waals surface area contributed by atoms with Crippen LogP contribution < -0.4 is 15.4 Å². The molecule has 34 heavy (non-hydrogen) atoms. The summed E-state index contributed by atoms with van der Waals surface area (Å²) in [6, 6.07) is 10.4. The van der Waals surface area contributed by atoms with E-state index < -0.39 is 16.1 Å². The van der Waals surface area contributed by atoms with E-state index in [4.69, 9.17) is 15.2 Å². The number of nitrogens with zero attached hydrogens (tertiary/aromatic N) is 4. The molecule has 1 aromatic heterocycles. The molecule has 1 aromatic carbocycles. The predicted molar refractivity (Wildman–Crippen MR) is 127 cm³/mol. The van der Waals surface area contributed by atoms with Gasteiger partial charge in [-0.25, -0.2) is 23.3 Å². The highest BCUT2D eigenvalue weighted by Gasteiger charge is 2.27. The summed E-state index contributed by atoms with van der Waals surface area (Å²) in [6.07, 6.45) is 0.588. The number of sulfonamides is 1. The Morgan fingerprint density at radius 1 is 1.24 bits per heavy atom. The average molecular weight is 501 g/mol. The molecule has 2 heterocycles. The first-order chi connectivity index (χ1) is 16.2. The van der Waals surface area contributed by atoms with Gasteiger partial charge in [0.05, 0.1) is 16.0 Å². The third kappa shape index (κ3) is 5.78. The van der Waals surface area contributed by atoms with Crippen LogP contribution in [0.15, 0.2) is 34.2 Å². The molecule has 1 aliphatic heterocycles. The monoisotopic (exact) mass is 500 g/mol. The van der Waals surface area contributed by atoms with Crippen molar-refractivity contribution in [3.05, 3.63) is 46.5 Å². The first-order valence-corrected chi connectivity index (χ1v) is 13.1. The number of nitriles is 2. The van der Waals surface area contributed by atoms with Crippen LogP contribution in [0, 0.1) is 22.7 Å². The van der Waals surface area contributed by atoms with Gasteiger partial charge in [-0.3, -0.25) is 0 Å². The summed E-state index contributed by atoms with van der Waals surface area (Å²) in [6.45, 7) is 2.94. The quantitative estimate of drug-likeness (QED) is 0.483. The van der Waals surface area contributed by atoms with Gasteiger partial charge in [-0.2, -0.15) is 10.5 Å². The van der Waals surface area contributed by atoms with Gasteiger partial charge in [0.1, 0.15) is 23.0 Å². The number of anilines is 1. The molecule has 3 rings (SSSR count). The van der Waals surface area contributed by atoms with Crippen molar-refractivity contribution in [1.29, 1.82) is 10.5 Å². The number of thioether (sulfide) groups is 1. The number of benzene rings is 1. The highest BCUT2D eigenvalue weighted by molar-refractivity contribution is 7.98. The first kappa shape index (κ1) is 25.3. The molecule has 0 unspecified atom stereocenters. The second-order valence-corrected chi connectivity index (χ2v) is 10.3. The van der Waals surface area contributed by atoms with Crippen LogP contribution in [0.4, 0.5) is 10.6 Å². The van der Waals surface area contributed by atoms with Crippen molar-refractivity contribution >= 4 is 33.7 Å². The zero-order valence-electron chi connectivity index (χ0n) is 18.5. The normalized spacial score (nSPS) is 14.3. The van der Waals surface area contributed by atoms with Gasteiger partial charge in [-0.1, -0.05) is 19.1 Å². The number of nitrogens with one attached hydrogen (secondary N) is 1. The Hall–Kier alpha value is -3.32. The van der Waals surface area contributed by atoms with Crippen molar-refractivity contribution in [1.82, 2.24) is 10.3 Å². The van der Waals surface area contributed by atoms with E-state index in [1.54, 1.807) is 12.1 Å². The Morgan fingerprint density at radius 3 is 2.35 bits per heavy atom. The molecule has 1 amide bonds. The van der Waals surface area contributed by atoms with Crippen LogP contribution in [0.2, 0.25) is 0 Å². The van der Waals surface area contributed by atoms with Crippen LogP contribution in [0.1, 0.15) is 42.0 Å². The molecule has 0 radical (unpaired) electrons. The van der Waals surface area contributed by atoms with Gasteiger partial charge in [0.25, 0.3) is 0 Å². The summed E-state index contributed by atoms with van der Waals surface area (Å²) < 4.78 is 22.9. The van der Waals surface area contributed by atoms with Gasteiger partial charge in [0.2, 0.25) is 10.0 Å². The Bertz CT molecular complexity index is 1260. The lowest BCUT2D eigenvalue weighted by atomic mass is 10.00. The minimum Gasteiger partial charge on any atom is -0.465 e. The molecule has 1 saturated heterocycles. The van der Waals surface area contributed by atoms with Crippen LogP contribution >= 0.6 is 11.8 Å². The van der Waals surface area contributed by atoms with Crippen molar-refractivity contribution in [3.8, 4) is 12.1 Å². The number of pyridine rings is 1. The van der Waals surface area contributed by atoms with E-state index in [1.807, 2.05) is 11.8 Å². The third-order valence-electron chi connectivity index (χ3n) is 5.58. The summed E-state index contributed by atoms with van der Waals surface area (Å²) in [4.78, 5) is 17.6. The number of aromatic nitrogens is 1. The highest BCUT2D eigenvalue weighted by Crippen LogP contribution is 2.34. The predicted octanol–water partition coefficient (Wildman–Crippen LogP) is 2.56. The number of nitrogens with two attached hydrogens (primary N) is 1. The van der Waals surface area contributed by atoms with E-state index in [0.29, 0.717) is 65.6 Å². The molecule has 4 N–H and O–H groups in total. The second-order valence-electron chi connectivity index (χ2n) is 7.73. The van der Waals surface area contributed by atoms with Crippen molar-refractivity contribution in [2.45, 2.75) is 47.9 Å². The van der Waals surface area contributed by atoms with Crippen molar-refractivity contribution in [3.63, 3.8) is 0 Å². The standard InChI is InChI=1S/C22H24N6O4S2/c1-2-17-18(11-23)20(28-9-7-15(8-10-28)26-22(29)30)27-21(19(17)12-24)33-13-14-3-5-16(6-4-14)34(25,31)32/h3-6,15,26H,2,7-10,13H2,1H3,(H,29,30)(H2,25,31,32). The third-order valence-corrected chi connectivity index (χ3v) is 7.55. The van der Waals surface area contributed by atoms with Gasteiger partial charge < -0.3 is 15.3 Å². The van der Waals surface area contributed by atoms with Gasteiger partial charge in [-0.05, 0) is 42.5 Å². The smallest absolute Gasteiger partial charge is 0.404 e. The lowest BCUT2D eigenvalue weighted by molar-refractivity contribution is 0.187. The minimum atomic E-state index is -3.78. The van der Waals surface area contributed by atoms with Crippen molar-refractivity contribution in [2.24, 2.45) is 5.14 Å². The van der Waals surface area contributed by atoms with E-state index in [2.05, 4.69) is 17.5 Å². The Kier molecular flexibility index (Phi) is 7.99. The fraction of sp³-hybridized carbons (Fsp3) is 0.364. The van der Waals surface area contributed by atoms with Crippen LogP contribution in [0.3, 0.4) is 0 Å². The Labute approximate surface area is 202 Å². The maximum Gasteiger partial charge on any atom is 0.404 e. The molecule has 0 spiro atoms. The van der Waals surface area contributed by atoms with E-state index >= 15 is 0 Å². The van der Waals surface area contributed by atoms with Crippen molar-refractivity contribution < 1.29 is 18.3 Å². The summed E-state index contributed by atoms with van der Waals surface area (Å²) in [7, 11) is -3.78. The number of carboxylic acid groups (broad SMARTS) is 1. The zero-order valence-corrected chi connectivity index (χ0v) is 20.1. The van der Waals surface area contributed by atoms with Crippen LogP contribution in [-0.4, -0.2) is 43.7 Å². The highest BCUT2D eigenvalue weighted by atomic mass is 32.2. The molecule has 10 nitrogen and oxygen atoms in total. The van der Waals surface area contributed by atoms with Crippen LogP contribution in [0.5, 0.6) is 0 Å². The molecule has 1 aliphatic rings. The lowest BCUT2D eigenvalue weighted by Gasteiger charge is -2.33.